The lowest BCUT2D eigenvalue weighted by molar-refractivity contribution is -0.134. The first kappa shape index (κ1) is 18.8. The molecule has 1 aromatic carbocycles. The van der Waals surface area contributed by atoms with E-state index in [0.29, 0.717) is 24.3 Å². The Morgan fingerprint density at radius 3 is 2.36 bits per heavy atom. The zero-order chi connectivity index (χ0) is 18.6. The first-order valence-corrected chi connectivity index (χ1v) is 7.53. The zero-order valence-corrected chi connectivity index (χ0v) is 13.3. The lowest BCUT2D eigenvalue weighted by Crippen LogP contribution is -2.31. The summed E-state index contributed by atoms with van der Waals surface area (Å²) in [5, 5.41) is 12.8. The zero-order valence-electron chi connectivity index (χ0n) is 13.3. The minimum atomic E-state index is -1.47. The molecule has 25 heavy (non-hydrogen) atoms. The Bertz CT molecular complexity index is 776. The molecule has 1 saturated heterocycles. The standard InChI is InChI=1S/C14H13F3N2O2.C2H4O2/c15-9-3-8(4-10(16)14(9)17)11-5-7(1-2-18-11)12-6-13(20)19-21-12;1-2(3)4/h3-4,6-7,11,18H,1-2,5H2,(H,19,20);1H3,(H,3,4)/t7-,11-;/m1./s1. The van der Waals surface area contributed by atoms with Crippen molar-refractivity contribution in [2.24, 2.45) is 0 Å². The van der Waals surface area contributed by atoms with Crippen molar-refractivity contribution >= 4 is 5.97 Å². The van der Waals surface area contributed by atoms with E-state index in [4.69, 9.17) is 14.4 Å². The summed E-state index contributed by atoms with van der Waals surface area (Å²) < 4.78 is 44.7. The van der Waals surface area contributed by atoms with Crippen LogP contribution in [0.25, 0.3) is 0 Å². The minimum Gasteiger partial charge on any atom is -0.481 e. The first-order chi connectivity index (χ1) is 11.8. The highest BCUT2D eigenvalue weighted by Crippen LogP contribution is 2.34. The van der Waals surface area contributed by atoms with Gasteiger partial charge in [0.15, 0.2) is 17.5 Å². The van der Waals surface area contributed by atoms with Crippen molar-refractivity contribution in [3.05, 3.63) is 57.3 Å². The van der Waals surface area contributed by atoms with Gasteiger partial charge in [0.25, 0.3) is 11.5 Å². The molecule has 0 bridgehead atoms. The third kappa shape index (κ3) is 4.96. The maximum atomic E-state index is 13.3. The smallest absolute Gasteiger partial charge is 0.300 e. The van der Waals surface area contributed by atoms with Crippen LogP contribution < -0.4 is 10.9 Å². The van der Waals surface area contributed by atoms with Crippen molar-refractivity contribution in [3.63, 3.8) is 0 Å². The number of carboxylic acids is 1. The third-order valence-corrected chi connectivity index (χ3v) is 3.76. The number of halogens is 3. The normalized spacial score (nSPS) is 19.8. The lowest BCUT2D eigenvalue weighted by atomic mass is 9.87. The summed E-state index contributed by atoms with van der Waals surface area (Å²) in [6, 6.07) is 3.03. The van der Waals surface area contributed by atoms with Crippen LogP contribution in [0.4, 0.5) is 13.2 Å². The molecule has 1 aromatic heterocycles. The Morgan fingerprint density at radius 2 is 1.84 bits per heavy atom. The predicted molar refractivity (Wildman–Crippen MR) is 81.7 cm³/mol. The van der Waals surface area contributed by atoms with E-state index < -0.39 is 23.4 Å². The maximum Gasteiger partial charge on any atom is 0.300 e. The van der Waals surface area contributed by atoms with Crippen molar-refractivity contribution in [2.45, 2.75) is 31.7 Å². The average Bonchev–Trinajstić information content (AvgIpc) is 2.98. The molecule has 1 aliphatic heterocycles. The lowest BCUT2D eigenvalue weighted by Gasteiger charge is -2.29. The van der Waals surface area contributed by atoms with E-state index in [9.17, 15) is 18.0 Å². The second kappa shape index (κ2) is 8.02. The van der Waals surface area contributed by atoms with E-state index in [1.807, 2.05) is 0 Å². The van der Waals surface area contributed by atoms with Gasteiger partial charge < -0.3 is 14.9 Å². The van der Waals surface area contributed by atoms with Gasteiger partial charge in [-0.05, 0) is 37.1 Å². The van der Waals surface area contributed by atoms with Gasteiger partial charge in [-0.3, -0.25) is 9.59 Å². The predicted octanol–water partition coefficient (Wildman–Crippen LogP) is 2.68. The average molecular weight is 358 g/mol. The van der Waals surface area contributed by atoms with Crippen LogP contribution in [0.5, 0.6) is 0 Å². The van der Waals surface area contributed by atoms with E-state index in [1.54, 1.807) is 0 Å². The van der Waals surface area contributed by atoms with Gasteiger partial charge in [0.05, 0.1) is 0 Å². The summed E-state index contributed by atoms with van der Waals surface area (Å²) in [5.41, 5.74) is 0.0212. The fourth-order valence-electron chi connectivity index (χ4n) is 2.70. The van der Waals surface area contributed by atoms with Crippen LogP contribution >= 0.6 is 0 Å². The van der Waals surface area contributed by atoms with E-state index in [2.05, 4.69) is 10.5 Å². The second-order valence-corrected chi connectivity index (χ2v) is 5.66. The number of aromatic amines is 1. The van der Waals surface area contributed by atoms with Crippen molar-refractivity contribution in [3.8, 4) is 0 Å². The molecule has 0 amide bonds. The number of rotatable bonds is 2. The number of H-pyrrole nitrogens is 1. The monoisotopic (exact) mass is 358 g/mol. The highest BCUT2D eigenvalue weighted by molar-refractivity contribution is 5.62. The number of carbonyl (C=O) groups is 1. The summed E-state index contributed by atoms with van der Waals surface area (Å²) in [6.07, 6.45) is 1.24. The third-order valence-electron chi connectivity index (χ3n) is 3.76. The number of hydrogen-bond donors (Lipinski definition) is 3. The number of piperidine rings is 1. The molecule has 2 heterocycles. The van der Waals surface area contributed by atoms with Crippen LogP contribution in [0, 0.1) is 17.5 Å². The number of hydrogen-bond acceptors (Lipinski definition) is 4. The van der Waals surface area contributed by atoms with Crippen molar-refractivity contribution < 1.29 is 27.6 Å². The van der Waals surface area contributed by atoms with Crippen LogP contribution in [0.2, 0.25) is 0 Å². The van der Waals surface area contributed by atoms with E-state index in [0.717, 1.165) is 25.5 Å². The van der Waals surface area contributed by atoms with Crippen LogP contribution in [-0.2, 0) is 4.79 Å². The van der Waals surface area contributed by atoms with Crippen LogP contribution in [-0.4, -0.2) is 22.8 Å². The highest BCUT2D eigenvalue weighted by Gasteiger charge is 2.27. The molecular formula is C16H17F3N2O4. The summed E-state index contributed by atoms with van der Waals surface area (Å²) >= 11 is 0. The minimum absolute atomic E-state index is 0.0358. The molecule has 2 aromatic rings. The molecule has 0 aliphatic carbocycles. The Balaban J connectivity index is 0.000000511. The van der Waals surface area contributed by atoms with E-state index >= 15 is 0 Å². The van der Waals surface area contributed by atoms with Gasteiger partial charge in [-0.15, -0.1) is 0 Å². The van der Waals surface area contributed by atoms with E-state index in [1.165, 1.54) is 6.07 Å². The van der Waals surface area contributed by atoms with Gasteiger partial charge in [-0.25, -0.2) is 13.2 Å². The van der Waals surface area contributed by atoms with Gasteiger partial charge in [0.1, 0.15) is 5.76 Å². The molecule has 0 spiro atoms. The fraction of sp³-hybridized carbons (Fsp3) is 0.375. The van der Waals surface area contributed by atoms with Crippen LogP contribution in [0.15, 0.2) is 27.5 Å². The van der Waals surface area contributed by atoms with Gasteiger partial charge in [-0.2, -0.15) is 5.16 Å². The highest BCUT2D eigenvalue weighted by atomic mass is 19.2. The molecule has 9 heteroatoms. The quantitative estimate of drug-likeness (QED) is 0.718. The largest absolute Gasteiger partial charge is 0.481 e. The number of nitrogens with one attached hydrogen (secondary N) is 2. The molecule has 6 nitrogen and oxygen atoms in total. The van der Waals surface area contributed by atoms with Crippen molar-refractivity contribution in [1.82, 2.24) is 10.5 Å². The Labute approximate surface area is 140 Å². The molecule has 0 unspecified atom stereocenters. The SMILES string of the molecule is CC(=O)O.O=c1cc([C@@H]2CCN[C@@H](c3cc(F)c(F)c(F)c3)C2)o[nH]1. The van der Waals surface area contributed by atoms with Gasteiger partial charge >= 0.3 is 0 Å². The number of carboxylic acid groups (broad SMARTS) is 1. The van der Waals surface area contributed by atoms with E-state index in [-0.39, 0.29) is 17.5 Å². The van der Waals surface area contributed by atoms with Gasteiger partial charge in [-0.1, -0.05) is 0 Å². The van der Waals surface area contributed by atoms with Crippen LogP contribution in [0.3, 0.4) is 0 Å². The number of benzene rings is 1. The molecule has 0 saturated carbocycles. The molecule has 2 atom stereocenters. The Morgan fingerprint density at radius 1 is 1.24 bits per heavy atom. The van der Waals surface area contributed by atoms with Crippen molar-refractivity contribution in [2.75, 3.05) is 6.54 Å². The molecule has 0 radical (unpaired) electrons. The molecule has 1 aliphatic rings. The summed E-state index contributed by atoms with van der Waals surface area (Å²) in [7, 11) is 0. The summed E-state index contributed by atoms with van der Waals surface area (Å²) in [5.74, 6) is -4.23. The number of aromatic nitrogens is 1. The summed E-state index contributed by atoms with van der Waals surface area (Å²) in [4.78, 5) is 20.1. The maximum absolute atomic E-state index is 13.3. The molecule has 1 fully saturated rings. The Kier molecular flexibility index (Phi) is 6.02. The van der Waals surface area contributed by atoms with Crippen molar-refractivity contribution in [1.29, 1.82) is 0 Å². The molecule has 3 N–H and O–H groups in total. The molecule has 136 valence electrons. The van der Waals surface area contributed by atoms with Crippen LogP contribution in [0.1, 0.15) is 43.0 Å². The van der Waals surface area contributed by atoms with Gasteiger partial charge in [0.2, 0.25) is 0 Å². The summed E-state index contributed by atoms with van der Waals surface area (Å²) in [6.45, 7) is 1.69. The molecular weight excluding hydrogens is 341 g/mol. The first-order valence-electron chi connectivity index (χ1n) is 7.53. The Hall–Kier alpha value is -2.55. The van der Waals surface area contributed by atoms with Gasteiger partial charge in [0, 0.05) is 24.9 Å². The number of aliphatic carboxylic acids is 1. The fourth-order valence-corrected chi connectivity index (χ4v) is 2.70. The molecule has 3 rings (SSSR count). The topological polar surface area (TPSA) is 95.3 Å². The second-order valence-electron chi connectivity index (χ2n) is 5.66.